The minimum atomic E-state index is -0.586. The Morgan fingerprint density at radius 2 is 1.92 bits per heavy atom. The van der Waals surface area contributed by atoms with Crippen molar-refractivity contribution in [3.8, 4) is 0 Å². The number of carbonyl (C=O) groups is 1. The van der Waals surface area contributed by atoms with Crippen LogP contribution in [-0.2, 0) is 6.54 Å². The molecule has 188 valence electrons. The van der Waals surface area contributed by atoms with Gasteiger partial charge in [-0.2, -0.15) is 15.1 Å². The molecule has 1 aliphatic heterocycles. The highest BCUT2D eigenvalue weighted by atomic mass is 79.9. The molecule has 4 aromatic rings. The van der Waals surface area contributed by atoms with E-state index in [2.05, 4.69) is 46.7 Å². The molecular formula is C22H22BrF2N9O2. The summed E-state index contributed by atoms with van der Waals surface area (Å²) in [5.41, 5.74) is 12.1. The number of hydrogen-bond acceptors (Lipinski definition) is 9. The van der Waals surface area contributed by atoms with Gasteiger partial charge in [0.1, 0.15) is 11.6 Å². The molecule has 4 heterocycles. The zero-order valence-electron chi connectivity index (χ0n) is 18.9. The molecule has 14 heteroatoms. The SMILES string of the molecule is Nc1nc(NNC(=O)c2ccc(Br)o2)c2cnn(CCN3CCN(c4ccc(F)cc4F)CC3)c2n1. The second-order valence-electron chi connectivity index (χ2n) is 8.14. The fraction of sp³-hybridized carbons (Fsp3) is 0.273. The van der Waals surface area contributed by atoms with Crippen molar-refractivity contribution >= 4 is 50.3 Å². The zero-order valence-corrected chi connectivity index (χ0v) is 20.5. The fourth-order valence-corrected chi connectivity index (χ4v) is 4.34. The summed E-state index contributed by atoms with van der Waals surface area (Å²) in [7, 11) is 0. The Hall–Kier alpha value is -3.78. The first-order valence-electron chi connectivity index (χ1n) is 11.1. The third kappa shape index (κ3) is 5.09. The Labute approximate surface area is 212 Å². The van der Waals surface area contributed by atoms with E-state index in [4.69, 9.17) is 10.2 Å². The first-order chi connectivity index (χ1) is 17.4. The van der Waals surface area contributed by atoms with Crippen LogP contribution in [0.4, 0.5) is 26.2 Å². The lowest BCUT2D eigenvalue weighted by Crippen LogP contribution is -2.47. The third-order valence-electron chi connectivity index (χ3n) is 5.86. The van der Waals surface area contributed by atoms with Gasteiger partial charge in [-0.25, -0.2) is 13.5 Å². The molecule has 0 unspecified atom stereocenters. The van der Waals surface area contributed by atoms with Crippen LogP contribution in [0.3, 0.4) is 0 Å². The molecule has 1 aromatic carbocycles. The van der Waals surface area contributed by atoms with E-state index in [9.17, 15) is 13.6 Å². The number of amides is 1. The number of furan rings is 1. The highest BCUT2D eigenvalue weighted by molar-refractivity contribution is 9.10. The molecule has 0 aliphatic carbocycles. The predicted molar refractivity (Wildman–Crippen MR) is 132 cm³/mol. The van der Waals surface area contributed by atoms with Crippen LogP contribution in [0, 0.1) is 11.6 Å². The van der Waals surface area contributed by atoms with Gasteiger partial charge in [0.05, 0.1) is 23.8 Å². The summed E-state index contributed by atoms with van der Waals surface area (Å²) in [6, 6.07) is 6.79. The van der Waals surface area contributed by atoms with Crippen LogP contribution in [-0.4, -0.2) is 63.3 Å². The lowest BCUT2D eigenvalue weighted by Gasteiger charge is -2.36. The van der Waals surface area contributed by atoms with Crippen molar-refractivity contribution in [3.05, 3.63) is 58.6 Å². The third-order valence-corrected chi connectivity index (χ3v) is 6.28. The number of hydrogen-bond donors (Lipinski definition) is 3. The Balaban J connectivity index is 1.20. The maximum atomic E-state index is 14.1. The molecule has 1 amide bonds. The van der Waals surface area contributed by atoms with Crippen molar-refractivity contribution in [3.63, 3.8) is 0 Å². The predicted octanol–water partition coefficient (Wildman–Crippen LogP) is 2.62. The number of nitrogens with two attached hydrogens (primary N) is 1. The largest absolute Gasteiger partial charge is 0.444 e. The summed E-state index contributed by atoms with van der Waals surface area (Å²) in [6.45, 7) is 3.91. The zero-order chi connectivity index (χ0) is 25.2. The molecule has 0 atom stereocenters. The number of rotatable bonds is 7. The molecule has 1 fully saturated rings. The van der Waals surface area contributed by atoms with Gasteiger partial charge in [-0.05, 0) is 40.2 Å². The summed E-state index contributed by atoms with van der Waals surface area (Å²) < 4.78 is 34.7. The average molecular weight is 562 g/mol. The van der Waals surface area contributed by atoms with Gasteiger partial charge < -0.3 is 15.1 Å². The fourth-order valence-electron chi connectivity index (χ4n) is 4.03. The van der Waals surface area contributed by atoms with Crippen molar-refractivity contribution in [1.82, 2.24) is 30.1 Å². The van der Waals surface area contributed by atoms with Crippen molar-refractivity contribution in [2.45, 2.75) is 6.54 Å². The highest BCUT2D eigenvalue weighted by Gasteiger charge is 2.21. The number of benzene rings is 1. The number of anilines is 3. The van der Waals surface area contributed by atoms with E-state index in [0.29, 0.717) is 53.4 Å². The van der Waals surface area contributed by atoms with Gasteiger partial charge in [0.2, 0.25) is 5.95 Å². The number of aromatic nitrogens is 4. The topological polar surface area (TPSA) is 130 Å². The molecule has 0 bridgehead atoms. The van der Waals surface area contributed by atoms with Gasteiger partial charge in [0.25, 0.3) is 0 Å². The van der Waals surface area contributed by atoms with Crippen molar-refractivity contribution in [2.24, 2.45) is 0 Å². The summed E-state index contributed by atoms with van der Waals surface area (Å²) in [5, 5.41) is 5.00. The van der Waals surface area contributed by atoms with Crippen LogP contribution in [0.5, 0.6) is 0 Å². The molecule has 3 aromatic heterocycles. The molecule has 1 aliphatic rings. The lowest BCUT2D eigenvalue weighted by atomic mass is 10.2. The summed E-state index contributed by atoms with van der Waals surface area (Å²) in [4.78, 5) is 24.9. The number of piperazine rings is 1. The molecular weight excluding hydrogens is 540 g/mol. The lowest BCUT2D eigenvalue weighted by molar-refractivity contribution is 0.0934. The van der Waals surface area contributed by atoms with Crippen LogP contribution < -0.4 is 21.5 Å². The highest BCUT2D eigenvalue weighted by Crippen LogP contribution is 2.23. The number of nitrogen functional groups attached to an aromatic ring is 1. The second-order valence-corrected chi connectivity index (χ2v) is 8.92. The number of hydrazine groups is 1. The summed E-state index contributed by atoms with van der Waals surface area (Å²) >= 11 is 3.15. The molecule has 0 spiro atoms. The van der Waals surface area contributed by atoms with Gasteiger partial charge in [-0.3, -0.25) is 20.5 Å². The van der Waals surface area contributed by atoms with Crippen LogP contribution in [0.25, 0.3) is 11.0 Å². The summed E-state index contributed by atoms with van der Waals surface area (Å²) in [6.07, 6.45) is 1.60. The maximum Gasteiger partial charge on any atom is 0.305 e. The van der Waals surface area contributed by atoms with E-state index in [0.717, 1.165) is 19.2 Å². The van der Waals surface area contributed by atoms with Gasteiger partial charge in [-0.15, -0.1) is 0 Å². The number of nitrogens with one attached hydrogen (secondary N) is 2. The Bertz CT molecular complexity index is 1400. The number of nitrogens with zero attached hydrogens (tertiary/aromatic N) is 6. The molecule has 36 heavy (non-hydrogen) atoms. The molecule has 0 radical (unpaired) electrons. The Morgan fingerprint density at radius 1 is 1.11 bits per heavy atom. The van der Waals surface area contributed by atoms with Crippen LogP contribution in [0.15, 0.2) is 45.6 Å². The van der Waals surface area contributed by atoms with Crippen molar-refractivity contribution in [1.29, 1.82) is 0 Å². The van der Waals surface area contributed by atoms with Gasteiger partial charge in [0, 0.05) is 38.8 Å². The molecule has 11 nitrogen and oxygen atoms in total. The monoisotopic (exact) mass is 561 g/mol. The minimum absolute atomic E-state index is 0.0247. The quantitative estimate of drug-likeness (QED) is 0.291. The first kappa shape index (κ1) is 23.9. The van der Waals surface area contributed by atoms with Crippen LogP contribution in [0.2, 0.25) is 0 Å². The standard InChI is InChI=1S/C22H22BrF2N9O2/c23-18-4-3-17(36-18)21(35)31-30-19-14-12-27-34(20(14)29-22(26)28-19)10-7-32-5-8-33(9-6-32)16-2-1-13(24)11-15(16)25/h1-4,11-12H,5-10H2,(H,31,35)(H3,26,28,29,30). The molecule has 0 saturated carbocycles. The second kappa shape index (κ2) is 10.1. The van der Waals surface area contributed by atoms with E-state index in [1.165, 1.54) is 18.2 Å². The first-order valence-corrected chi connectivity index (χ1v) is 11.9. The number of halogens is 3. The van der Waals surface area contributed by atoms with E-state index in [1.54, 1.807) is 16.9 Å². The molecule has 5 rings (SSSR count). The maximum absolute atomic E-state index is 14.1. The normalized spacial score (nSPS) is 14.4. The van der Waals surface area contributed by atoms with Gasteiger partial charge in [-0.1, -0.05) is 0 Å². The van der Waals surface area contributed by atoms with Gasteiger partial charge >= 0.3 is 5.91 Å². The van der Waals surface area contributed by atoms with Crippen LogP contribution in [0.1, 0.15) is 10.6 Å². The minimum Gasteiger partial charge on any atom is -0.444 e. The molecule has 4 N–H and O–H groups in total. The van der Waals surface area contributed by atoms with Crippen LogP contribution >= 0.6 is 15.9 Å². The van der Waals surface area contributed by atoms with Crippen molar-refractivity contribution < 1.29 is 18.0 Å². The van der Waals surface area contributed by atoms with E-state index >= 15 is 0 Å². The average Bonchev–Trinajstić information content (AvgIpc) is 3.47. The van der Waals surface area contributed by atoms with Crippen molar-refractivity contribution in [2.75, 3.05) is 48.8 Å². The van der Waals surface area contributed by atoms with Gasteiger partial charge in [0.15, 0.2) is 21.9 Å². The Kier molecular flexibility index (Phi) is 6.69. The van der Waals surface area contributed by atoms with E-state index < -0.39 is 17.5 Å². The Morgan fingerprint density at radius 3 is 2.64 bits per heavy atom. The van der Waals surface area contributed by atoms with E-state index in [1.807, 2.05) is 4.90 Å². The summed E-state index contributed by atoms with van der Waals surface area (Å²) in [5.74, 6) is -1.18. The van der Waals surface area contributed by atoms with E-state index in [-0.39, 0.29) is 11.7 Å². The number of carbonyl (C=O) groups excluding carboxylic acids is 1. The molecule has 1 saturated heterocycles. The smallest absolute Gasteiger partial charge is 0.305 e. The number of fused-ring (bicyclic) bond motifs is 1.